The Morgan fingerprint density at radius 1 is 0.482 bits per heavy atom. The fraction of sp³-hybridized carbons (Fsp3) is 0.333. The van der Waals surface area contributed by atoms with Crippen molar-refractivity contribution in [3.8, 4) is 11.5 Å². The first-order valence-corrected chi connectivity index (χ1v) is 23.1. The summed E-state index contributed by atoms with van der Waals surface area (Å²) in [4.78, 5) is 31.7. The number of ether oxygens (including phenoxy) is 2. The van der Waals surface area contributed by atoms with Crippen LogP contribution in [0, 0.1) is 0 Å². The summed E-state index contributed by atoms with van der Waals surface area (Å²) < 4.78 is 99.7. The molecule has 4 N–H and O–H groups in total. The van der Waals surface area contributed by atoms with E-state index < -0.39 is 45.4 Å². The van der Waals surface area contributed by atoms with Gasteiger partial charge in [0.25, 0.3) is 0 Å². The van der Waals surface area contributed by atoms with Crippen LogP contribution in [0.1, 0.15) is 47.9 Å². The summed E-state index contributed by atoms with van der Waals surface area (Å²) in [6.07, 6.45) is 1.95. The van der Waals surface area contributed by atoms with Crippen molar-refractivity contribution in [1.29, 1.82) is 0 Å². The van der Waals surface area contributed by atoms with Crippen molar-refractivity contribution in [2.75, 3.05) is 13.2 Å². The summed E-state index contributed by atoms with van der Waals surface area (Å²) in [5.74, 6) is 1.40. The molecule has 0 aromatic heterocycles. The van der Waals surface area contributed by atoms with E-state index in [4.69, 9.17) is 29.0 Å². The number of aryl methyl sites for hydroxylation is 2. The van der Waals surface area contributed by atoms with E-state index in [1.807, 2.05) is 60.7 Å². The molecule has 0 radical (unpaired) electrons. The first-order valence-electron chi connectivity index (χ1n) is 16.8. The van der Waals surface area contributed by atoms with Gasteiger partial charge in [-0.3, -0.25) is 9.13 Å². The molecule has 4 aromatic carbocycles. The van der Waals surface area contributed by atoms with E-state index in [9.17, 15) is 35.1 Å². The monoisotopic (exact) mass is 904 g/mol. The minimum atomic E-state index is -5.05. The topological polar surface area (TPSA) is 248 Å². The van der Waals surface area contributed by atoms with Gasteiger partial charge in [0.15, 0.2) is 9.98 Å². The maximum atomic E-state index is 11.2. The molecular weight excluding hydrogens is 861 g/mol. The van der Waals surface area contributed by atoms with Crippen molar-refractivity contribution < 1.29 is 167 Å². The van der Waals surface area contributed by atoms with Gasteiger partial charge in [0, 0.05) is 12.8 Å². The predicted molar refractivity (Wildman–Crippen MR) is 201 cm³/mol. The molecule has 14 nitrogen and oxygen atoms in total. The van der Waals surface area contributed by atoms with Crippen molar-refractivity contribution >= 4 is 35.4 Å². The molecule has 0 aliphatic heterocycles. The van der Waals surface area contributed by atoms with E-state index in [1.54, 1.807) is 48.5 Å². The average Bonchev–Trinajstić information content (AvgIpc) is 3.09. The van der Waals surface area contributed by atoms with Crippen LogP contribution in [0.15, 0.2) is 109 Å². The molecular formula is C36H44K2O14P2S2. The zero-order valence-corrected chi connectivity index (χ0v) is 40.9. The molecule has 0 fully saturated rings. The van der Waals surface area contributed by atoms with Gasteiger partial charge >= 0.3 is 118 Å². The van der Waals surface area contributed by atoms with Crippen LogP contribution in [-0.4, -0.2) is 68.7 Å². The average molecular weight is 905 g/mol. The van der Waals surface area contributed by atoms with Crippen molar-refractivity contribution in [2.45, 2.75) is 61.3 Å². The van der Waals surface area contributed by atoms with Crippen LogP contribution >= 0.6 is 15.2 Å². The fourth-order valence-corrected chi connectivity index (χ4v) is 9.93. The van der Waals surface area contributed by atoms with Crippen LogP contribution in [0.4, 0.5) is 0 Å². The summed E-state index contributed by atoms with van der Waals surface area (Å²) in [5.41, 5.74) is 4.08. The van der Waals surface area contributed by atoms with Crippen molar-refractivity contribution in [3.05, 3.63) is 131 Å². The quantitative estimate of drug-likeness (QED) is 0.0490. The fourth-order valence-electron chi connectivity index (χ4n) is 5.29. The minimum Gasteiger partial charge on any atom is -0.747 e. The van der Waals surface area contributed by atoms with Crippen LogP contribution in [-0.2, 0) is 55.0 Å². The smallest absolute Gasteiger partial charge is 0.747 e. The third-order valence-electron chi connectivity index (χ3n) is 8.10. The van der Waals surface area contributed by atoms with Gasteiger partial charge in [-0.25, -0.2) is 16.8 Å². The van der Waals surface area contributed by atoms with E-state index in [0.29, 0.717) is 37.6 Å². The van der Waals surface area contributed by atoms with Crippen LogP contribution in [0.5, 0.6) is 11.5 Å². The number of benzene rings is 4. The van der Waals surface area contributed by atoms with Crippen molar-refractivity contribution in [1.82, 2.24) is 0 Å². The molecule has 0 bridgehead atoms. The first-order chi connectivity index (χ1) is 25.3. The minimum absolute atomic E-state index is 0. The Bertz CT molecular complexity index is 1880. The largest absolute Gasteiger partial charge is 1.00 e. The second-order valence-electron chi connectivity index (χ2n) is 12.3. The molecule has 4 aromatic rings. The van der Waals surface area contributed by atoms with Gasteiger partial charge in [0.1, 0.15) is 31.7 Å². The van der Waals surface area contributed by atoms with Crippen molar-refractivity contribution in [3.63, 3.8) is 0 Å². The Hall–Kier alpha value is -0.127. The summed E-state index contributed by atoms with van der Waals surface area (Å²) in [5, 5.41) is 0. The molecule has 0 heterocycles. The second-order valence-corrected chi connectivity index (χ2v) is 19.7. The maximum absolute atomic E-state index is 11.2. The molecule has 0 spiro atoms. The standard InChI is InChI=1S/2C18H23O7PS.2K/c2*19-26(20,21)18(27(22,23)24)8-4-7-16-9-11-17(12-10-16)25-14-13-15-5-2-1-3-6-15;;/h2*1-3,5-6,9-12,18H,4,7-8,13-14H2,(H2,19,20,21)(H,22,23,24);;/q;;2*+1/p-2. The van der Waals surface area contributed by atoms with E-state index in [2.05, 4.69) is 0 Å². The Labute approximate surface area is 413 Å². The molecule has 2 unspecified atom stereocenters. The van der Waals surface area contributed by atoms with Crippen LogP contribution in [0.25, 0.3) is 0 Å². The second kappa shape index (κ2) is 26.3. The molecule has 0 saturated heterocycles. The molecule has 0 aliphatic rings. The molecule has 0 saturated carbocycles. The van der Waals surface area contributed by atoms with E-state index in [-0.39, 0.29) is 128 Å². The molecule has 56 heavy (non-hydrogen) atoms. The predicted octanol–water partition coefficient (Wildman–Crippen LogP) is -0.632. The van der Waals surface area contributed by atoms with E-state index >= 15 is 0 Å². The molecule has 0 aliphatic carbocycles. The number of hydrogen-bond acceptors (Lipinski definition) is 10. The maximum Gasteiger partial charge on any atom is 1.00 e. The summed E-state index contributed by atoms with van der Waals surface area (Å²) >= 11 is 0. The molecule has 0 amide bonds. The van der Waals surface area contributed by atoms with Gasteiger partial charge in [-0.05, 0) is 85.0 Å². The Balaban J connectivity index is 0.000000541. The van der Waals surface area contributed by atoms with Gasteiger partial charge in [0.2, 0.25) is 0 Å². The summed E-state index contributed by atoms with van der Waals surface area (Å²) in [7, 11) is -20.1. The van der Waals surface area contributed by atoms with E-state index in [1.165, 1.54) is 11.1 Å². The van der Waals surface area contributed by atoms with Crippen LogP contribution in [0.3, 0.4) is 0 Å². The van der Waals surface area contributed by atoms with E-state index in [0.717, 1.165) is 24.0 Å². The number of rotatable bonds is 20. The molecule has 2 atom stereocenters. The van der Waals surface area contributed by atoms with Gasteiger partial charge in [-0.2, -0.15) is 0 Å². The third-order valence-corrected chi connectivity index (χ3v) is 15.1. The SMILES string of the molecule is O=P(O)(O)C(CCCc1ccc(OCCc2ccccc2)cc1)S(=O)(=O)[O-].O=P(O)(O)C(CCCc1ccc(OCCc2ccccc2)cc1)S(=O)(=O)[O-].[K+].[K+]. The zero-order chi connectivity index (χ0) is 39.8. The third kappa shape index (κ3) is 21.4. The Morgan fingerprint density at radius 3 is 1.04 bits per heavy atom. The van der Waals surface area contributed by atoms with Gasteiger partial charge < -0.3 is 38.2 Å². The Morgan fingerprint density at radius 2 is 0.768 bits per heavy atom. The molecule has 20 heteroatoms. The summed E-state index contributed by atoms with van der Waals surface area (Å²) in [6, 6.07) is 34.2. The van der Waals surface area contributed by atoms with Crippen molar-refractivity contribution in [2.24, 2.45) is 0 Å². The van der Waals surface area contributed by atoms with Gasteiger partial charge in [-0.15, -0.1) is 0 Å². The normalized spacial score (nSPS) is 12.8. The number of hydrogen-bond donors (Lipinski definition) is 4. The van der Waals surface area contributed by atoms with Gasteiger partial charge in [0.05, 0.1) is 13.2 Å². The zero-order valence-electron chi connectivity index (χ0n) is 31.2. The van der Waals surface area contributed by atoms with Crippen LogP contribution < -0.4 is 112 Å². The molecule has 4 rings (SSSR count). The van der Waals surface area contributed by atoms with Crippen LogP contribution in [0.2, 0.25) is 0 Å². The van der Waals surface area contributed by atoms with Gasteiger partial charge in [-0.1, -0.05) is 84.9 Å². The molecule has 296 valence electrons. The Kier molecular flexibility index (Phi) is 25.3. The first kappa shape index (κ1) is 53.9. The summed E-state index contributed by atoms with van der Waals surface area (Å²) in [6.45, 7) is 1.07.